The quantitative estimate of drug-likeness (QED) is 0.823. The summed E-state index contributed by atoms with van der Waals surface area (Å²) >= 11 is 0. The van der Waals surface area contributed by atoms with Crippen LogP contribution in [0.3, 0.4) is 0 Å². The highest BCUT2D eigenvalue weighted by atomic mass is 16.2. The van der Waals surface area contributed by atoms with Crippen molar-refractivity contribution in [2.75, 3.05) is 5.32 Å². The molecule has 6 nitrogen and oxygen atoms in total. The molecule has 0 spiro atoms. The average Bonchev–Trinajstić information content (AvgIpc) is 2.32. The van der Waals surface area contributed by atoms with Crippen LogP contribution < -0.4 is 16.6 Å². The van der Waals surface area contributed by atoms with Gasteiger partial charge in [0, 0.05) is 20.1 Å². The summed E-state index contributed by atoms with van der Waals surface area (Å²) in [5.41, 5.74) is -0.806. The number of rotatable bonds is 4. The van der Waals surface area contributed by atoms with E-state index in [0.717, 1.165) is 15.7 Å². The first kappa shape index (κ1) is 13.5. The van der Waals surface area contributed by atoms with Crippen LogP contribution >= 0.6 is 0 Å². The van der Waals surface area contributed by atoms with Gasteiger partial charge >= 0.3 is 5.69 Å². The molecule has 0 aliphatic rings. The molecule has 0 radical (unpaired) electrons. The Morgan fingerprint density at radius 1 is 1.29 bits per heavy atom. The van der Waals surface area contributed by atoms with Gasteiger partial charge in [-0.25, -0.2) is 9.48 Å². The topological polar surface area (TPSA) is 68.9 Å². The van der Waals surface area contributed by atoms with Crippen LogP contribution in [0.15, 0.2) is 9.59 Å². The zero-order chi connectivity index (χ0) is 13.2. The molecule has 96 valence electrons. The first-order valence-corrected chi connectivity index (χ1v) is 5.79. The van der Waals surface area contributed by atoms with Crippen molar-refractivity contribution in [2.45, 2.75) is 33.2 Å². The maximum atomic E-state index is 11.8. The van der Waals surface area contributed by atoms with Gasteiger partial charge in [0.25, 0.3) is 5.56 Å². The molecule has 1 N–H and O–H groups in total. The van der Waals surface area contributed by atoms with Gasteiger partial charge in [-0.1, -0.05) is 20.3 Å². The fraction of sp³-hybridized carbons (Fsp3) is 0.727. The third-order valence-electron chi connectivity index (χ3n) is 3.18. The van der Waals surface area contributed by atoms with Crippen molar-refractivity contribution in [3.63, 3.8) is 0 Å². The molecule has 6 heteroatoms. The minimum Gasteiger partial charge on any atom is -0.361 e. The van der Waals surface area contributed by atoms with Gasteiger partial charge < -0.3 is 5.32 Å². The lowest BCUT2D eigenvalue weighted by Gasteiger charge is -2.20. The normalized spacial score (nSPS) is 14.4. The van der Waals surface area contributed by atoms with Crippen molar-refractivity contribution in [1.29, 1.82) is 0 Å². The van der Waals surface area contributed by atoms with Crippen LogP contribution in [0.5, 0.6) is 0 Å². The molecule has 0 saturated carbocycles. The van der Waals surface area contributed by atoms with Crippen molar-refractivity contribution >= 4 is 5.82 Å². The van der Waals surface area contributed by atoms with Crippen molar-refractivity contribution in [3.8, 4) is 0 Å². The lowest BCUT2D eigenvalue weighted by atomic mass is 10.0. The Morgan fingerprint density at radius 2 is 1.88 bits per heavy atom. The van der Waals surface area contributed by atoms with E-state index in [4.69, 9.17) is 0 Å². The number of nitrogens with one attached hydrogen (secondary N) is 1. The molecule has 0 aliphatic carbocycles. The van der Waals surface area contributed by atoms with Crippen molar-refractivity contribution in [2.24, 2.45) is 20.0 Å². The van der Waals surface area contributed by atoms with E-state index in [1.165, 1.54) is 14.1 Å². The minimum absolute atomic E-state index is 0.137. The van der Waals surface area contributed by atoms with Gasteiger partial charge in [0.15, 0.2) is 0 Å². The van der Waals surface area contributed by atoms with E-state index >= 15 is 0 Å². The van der Waals surface area contributed by atoms with E-state index < -0.39 is 5.69 Å². The standard InChI is InChI=1S/C11H20N4O2/c1-6-7(2)8(3)12-9-10(16)14(4)11(17)15(5)13-9/h7-8H,6H2,1-5H3,(H,12,13). The van der Waals surface area contributed by atoms with Crippen LogP contribution in [0.1, 0.15) is 27.2 Å². The molecule has 1 heterocycles. The smallest absolute Gasteiger partial charge is 0.346 e. The van der Waals surface area contributed by atoms with Crippen LogP contribution in [0.2, 0.25) is 0 Å². The van der Waals surface area contributed by atoms with Crippen LogP contribution in [0, 0.1) is 5.92 Å². The molecule has 0 fully saturated rings. The SMILES string of the molecule is CCC(C)C(C)Nc1nn(C)c(=O)n(C)c1=O. The number of hydrogen-bond donors (Lipinski definition) is 1. The number of nitrogens with zero attached hydrogens (tertiary/aromatic N) is 3. The number of aryl methyl sites for hydroxylation is 1. The van der Waals surface area contributed by atoms with Gasteiger partial charge in [-0.2, -0.15) is 0 Å². The van der Waals surface area contributed by atoms with E-state index in [0.29, 0.717) is 5.92 Å². The highest BCUT2D eigenvalue weighted by molar-refractivity contribution is 5.30. The highest BCUT2D eigenvalue weighted by Crippen LogP contribution is 2.09. The van der Waals surface area contributed by atoms with E-state index in [2.05, 4.69) is 24.3 Å². The van der Waals surface area contributed by atoms with Crippen LogP contribution in [-0.4, -0.2) is 20.4 Å². The van der Waals surface area contributed by atoms with Gasteiger partial charge in [0.1, 0.15) is 0 Å². The summed E-state index contributed by atoms with van der Waals surface area (Å²) in [6.07, 6.45) is 1.01. The Kier molecular flexibility index (Phi) is 4.09. The molecule has 0 bridgehead atoms. The fourth-order valence-electron chi connectivity index (χ4n) is 1.50. The molecule has 1 aromatic heterocycles. The second kappa shape index (κ2) is 5.16. The molecule has 0 amide bonds. The zero-order valence-corrected chi connectivity index (χ0v) is 11.0. The highest BCUT2D eigenvalue weighted by Gasteiger charge is 2.14. The molecule has 0 aliphatic heterocycles. The Labute approximate surface area is 100 Å². The summed E-state index contributed by atoms with van der Waals surface area (Å²) < 4.78 is 2.21. The molecule has 2 atom stereocenters. The second-order valence-electron chi connectivity index (χ2n) is 4.44. The molecule has 0 saturated heterocycles. The third-order valence-corrected chi connectivity index (χ3v) is 3.18. The van der Waals surface area contributed by atoms with E-state index in [-0.39, 0.29) is 17.4 Å². The molecule has 17 heavy (non-hydrogen) atoms. The second-order valence-corrected chi connectivity index (χ2v) is 4.44. The predicted octanol–water partition coefficient (Wildman–Crippen LogP) is 0.325. The number of aromatic nitrogens is 3. The van der Waals surface area contributed by atoms with Crippen molar-refractivity contribution in [3.05, 3.63) is 20.8 Å². The summed E-state index contributed by atoms with van der Waals surface area (Å²) in [6, 6.07) is 0.137. The van der Waals surface area contributed by atoms with Crippen LogP contribution in [0.4, 0.5) is 5.82 Å². The fourth-order valence-corrected chi connectivity index (χ4v) is 1.50. The summed E-state index contributed by atoms with van der Waals surface area (Å²) in [5, 5.41) is 7.02. The lowest BCUT2D eigenvalue weighted by molar-refractivity contribution is 0.488. The van der Waals surface area contributed by atoms with Gasteiger partial charge in [0.2, 0.25) is 5.82 Å². The maximum Gasteiger partial charge on any atom is 0.346 e. The monoisotopic (exact) mass is 240 g/mol. The zero-order valence-electron chi connectivity index (χ0n) is 11.0. The van der Waals surface area contributed by atoms with E-state index in [1.54, 1.807) is 0 Å². The first-order chi connectivity index (χ1) is 7.88. The summed E-state index contributed by atoms with van der Waals surface area (Å²) in [7, 11) is 2.98. The van der Waals surface area contributed by atoms with Gasteiger partial charge in [0.05, 0.1) is 0 Å². The van der Waals surface area contributed by atoms with Crippen molar-refractivity contribution in [1.82, 2.24) is 14.3 Å². The number of hydrogen-bond acceptors (Lipinski definition) is 4. The minimum atomic E-state index is -0.420. The van der Waals surface area contributed by atoms with Crippen LogP contribution in [-0.2, 0) is 14.1 Å². The number of anilines is 1. The van der Waals surface area contributed by atoms with Gasteiger partial charge in [-0.3, -0.25) is 9.36 Å². The lowest BCUT2D eigenvalue weighted by Crippen LogP contribution is -2.41. The van der Waals surface area contributed by atoms with Crippen LogP contribution in [0.25, 0.3) is 0 Å². The average molecular weight is 240 g/mol. The van der Waals surface area contributed by atoms with Gasteiger partial charge in [-0.05, 0) is 12.8 Å². The Hall–Kier alpha value is -1.59. The maximum absolute atomic E-state index is 11.8. The first-order valence-electron chi connectivity index (χ1n) is 5.79. The third kappa shape index (κ3) is 2.75. The molecular formula is C11H20N4O2. The summed E-state index contributed by atoms with van der Waals surface area (Å²) in [5.74, 6) is 0.654. The summed E-state index contributed by atoms with van der Waals surface area (Å²) in [6.45, 7) is 6.19. The Morgan fingerprint density at radius 3 is 2.41 bits per heavy atom. The Bertz CT molecular complexity index is 503. The molecule has 2 unspecified atom stereocenters. The summed E-state index contributed by atoms with van der Waals surface area (Å²) in [4.78, 5) is 23.3. The molecule has 1 rings (SSSR count). The predicted molar refractivity (Wildman–Crippen MR) is 67.3 cm³/mol. The largest absolute Gasteiger partial charge is 0.361 e. The molecular weight excluding hydrogens is 220 g/mol. The Balaban J connectivity index is 3.09. The molecule has 1 aromatic rings. The van der Waals surface area contributed by atoms with E-state index in [1.807, 2.05) is 6.92 Å². The van der Waals surface area contributed by atoms with Gasteiger partial charge in [-0.15, -0.1) is 5.10 Å². The molecule has 0 aromatic carbocycles. The van der Waals surface area contributed by atoms with Crippen molar-refractivity contribution < 1.29 is 0 Å². The van der Waals surface area contributed by atoms with E-state index in [9.17, 15) is 9.59 Å².